The van der Waals surface area contributed by atoms with Crippen molar-refractivity contribution >= 4 is 34.4 Å². The van der Waals surface area contributed by atoms with Gasteiger partial charge in [-0.3, -0.25) is 4.79 Å². The fourth-order valence-corrected chi connectivity index (χ4v) is 4.09. The molecule has 3 aromatic rings. The predicted molar refractivity (Wildman–Crippen MR) is 118 cm³/mol. The third-order valence-electron chi connectivity index (χ3n) is 4.63. The molecule has 0 unspecified atom stereocenters. The minimum Gasteiger partial charge on any atom is -0.497 e. The van der Waals surface area contributed by atoms with Crippen LogP contribution in [0.1, 0.15) is 21.8 Å². The van der Waals surface area contributed by atoms with Crippen molar-refractivity contribution in [2.75, 3.05) is 13.7 Å². The number of rotatable bonds is 6. The summed E-state index contributed by atoms with van der Waals surface area (Å²) in [5.41, 5.74) is 3.54. The molecule has 2 heterocycles. The maximum atomic E-state index is 12.8. The number of aromatic nitrogens is 1. The van der Waals surface area contributed by atoms with E-state index in [9.17, 15) is 4.79 Å². The Hall–Kier alpha value is -2.89. The van der Waals surface area contributed by atoms with Gasteiger partial charge in [0.2, 0.25) is 0 Å². The number of halogens is 1. The third kappa shape index (κ3) is 4.42. The molecule has 0 bridgehead atoms. The quantitative estimate of drug-likeness (QED) is 0.463. The van der Waals surface area contributed by atoms with Gasteiger partial charge >= 0.3 is 0 Å². The molecule has 1 aromatic heterocycles. The third-order valence-corrected chi connectivity index (χ3v) is 5.75. The number of hydrogen-bond acceptors (Lipinski definition) is 5. The SMILES string of the molecule is COc1ccc(C(=O)CN2C=CCC=C2c2nc(-c3ccc(Cl)cc3)cs2)cc1. The number of methoxy groups -OCH3 is 1. The van der Waals surface area contributed by atoms with Crippen molar-refractivity contribution in [1.29, 1.82) is 0 Å². The number of carbonyl (C=O) groups excluding carboxylic acids is 1. The summed E-state index contributed by atoms with van der Waals surface area (Å²) in [5.74, 6) is 0.775. The van der Waals surface area contributed by atoms with Crippen LogP contribution in [0.25, 0.3) is 17.0 Å². The minimum atomic E-state index is 0.0413. The van der Waals surface area contributed by atoms with Crippen molar-refractivity contribution in [3.63, 3.8) is 0 Å². The Balaban J connectivity index is 1.53. The molecule has 29 heavy (non-hydrogen) atoms. The van der Waals surface area contributed by atoms with Crippen LogP contribution in [0.4, 0.5) is 0 Å². The molecular formula is C23H19ClN2O2S. The van der Waals surface area contributed by atoms with Crippen LogP contribution in [0.3, 0.4) is 0 Å². The Morgan fingerprint density at radius 3 is 2.66 bits per heavy atom. The van der Waals surface area contributed by atoms with E-state index in [1.54, 1.807) is 42.7 Å². The van der Waals surface area contributed by atoms with Crippen LogP contribution < -0.4 is 4.74 Å². The topological polar surface area (TPSA) is 42.4 Å². The van der Waals surface area contributed by atoms with Crippen LogP contribution in [0.15, 0.2) is 72.3 Å². The van der Waals surface area contributed by atoms with Gasteiger partial charge in [-0.05, 0) is 42.8 Å². The normalized spacial score (nSPS) is 13.3. The van der Waals surface area contributed by atoms with E-state index in [4.69, 9.17) is 21.3 Å². The van der Waals surface area contributed by atoms with Gasteiger partial charge in [0.15, 0.2) is 5.78 Å². The second-order valence-corrected chi connectivity index (χ2v) is 7.83. The molecule has 0 N–H and O–H groups in total. The number of thiazole rings is 1. The second kappa shape index (κ2) is 8.64. The number of benzene rings is 2. The van der Waals surface area contributed by atoms with Crippen LogP contribution in [-0.2, 0) is 0 Å². The van der Waals surface area contributed by atoms with Crippen molar-refractivity contribution in [1.82, 2.24) is 9.88 Å². The summed E-state index contributed by atoms with van der Waals surface area (Å²) in [6.45, 7) is 0.254. The molecule has 0 spiro atoms. The molecule has 0 fully saturated rings. The lowest BCUT2D eigenvalue weighted by molar-refractivity contribution is 0.0972. The molecule has 1 aliphatic rings. The van der Waals surface area contributed by atoms with Crippen LogP contribution in [-0.4, -0.2) is 29.3 Å². The lowest BCUT2D eigenvalue weighted by atomic mass is 10.1. The van der Waals surface area contributed by atoms with Crippen LogP contribution in [0.5, 0.6) is 5.75 Å². The maximum Gasteiger partial charge on any atom is 0.182 e. The molecular weight excluding hydrogens is 404 g/mol. The summed E-state index contributed by atoms with van der Waals surface area (Å²) in [6, 6.07) is 14.8. The first-order valence-corrected chi connectivity index (χ1v) is 10.4. The summed E-state index contributed by atoms with van der Waals surface area (Å²) >= 11 is 7.55. The Kier molecular flexibility index (Phi) is 5.79. The van der Waals surface area contributed by atoms with Crippen molar-refractivity contribution in [2.45, 2.75) is 6.42 Å². The molecule has 4 nitrogen and oxygen atoms in total. The Labute approximate surface area is 178 Å². The molecule has 1 aliphatic heterocycles. The summed E-state index contributed by atoms with van der Waals surface area (Å²) in [6.07, 6.45) is 6.92. The van der Waals surface area contributed by atoms with E-state index >= 15 is 0 Å². The van der Waals surface area contributed by atoms with E-state index in [2.05, 4.69) is 6.08 Å². The number of Topliss-reactive ketones (excluding diaryl/α,β-unsaturated/α-hetero) is 1. The monoisotopic (exact) mass is 422 g/mol. The summed E-state index contributed by atoms with van der Waals surface area (Å²) in [5, 5.41) is 3.62. The van der Waals surface area contributed by atoms with Gasteiger partial charge in [-0.2, -0.15) is 0 Å². The van der Waals surface area contributed by atoms with Crippen LogP contribution >= 0.6 is 22.9 Å². The van der Waals surface area contributed by atoms with E-state index in [1.807, 2.05) is 46.8 Å². The summed E-state index contributed by atoms with van der Waals surface area (Å²) in [7, 11) is 1.61. The first-order chi connectivity index (χ1) is 14.1. The van der Waals surface area contributed by atoms with Crippen molar-refractivity contribution < 1.29 is 9.53 Å². The minimum absolute atomic E-state index is 0.0413. The average molecular weight is 423 g/mol. The molecule has 0 radical (unpaired) electrons. The van der Waals surface area contributed by atoms with Gasteiger partial charge in [0.05, 0.1) is 25.0 Å². The van der Waals surface area contributed by atoms with Crippen molar-refractivity contribution in [2.24, 2.45) is 0 Å². The van der Waals surface area contributed by atoms with E-state index in [1.165, 1.54) is 0 Å². The van der Waals surface area contributed by atoms with Crippen molar-refractivity contribution in [3.8, 4) is 17.0 Å². The zero-order valence-electron chi connectivity index (χ0n) is 15.8. The average Bonchev–Trinajstić information content (AvgIpc) is 3.25. The van der Waals surface area contributed by atoms with Crippen LogP contribution in [0.2, 0.25) is 5.02 Å². The first-order valence-electron chi connectivity index (χ1n) is 9.16. The highest BCUT2D eigenvalue weighted by Gasteiger charge is 2.19. The lowest BCUT2D eigenvalue weighted by Crippen LogP contribution is -2.25. The van der Waals surface area contributed by atoms with Gasteiger partial charge in [-0.25, -0.2) is 4.98 Å². The largest absolute Gasteiger partial charge is 0.497 e. The fraction of sp³-hybridized carbons (Fsp3) is 0.130. The number of nitrogens with zero attached hydrogens (tertiary/aromatic N) is 2. The number of allylic oxidation sites excluding steroid dienone is 2. The van der Waals surface area contributed by atoms with E-state index in [0.29, 0.717) is 10.6 Å². The molecule has 0 saturated carbocycles. The first kappa shape index (κ1) is 19.4. The molecule has 146 valence electrons. The number of ether oxygens (including phenoxy) is 1. The molecule has 0 amide bonds. The predicted octanol–water partition coefficient (Wildman–Crippen LogP) is 5.92. The highest BCUT2D eigenvalue weighted by Crippen LogP contribution is 2.31. The zero-order valence-corrected chi connectivity index (χ0v) is 17.4. The lowest BCUT2D eigenvalue weighted by Gasteiger charge is -2.24. The number of ketones is 1. The zero-order chi connectivity index (χ0) is 20.2. The van der Waals surface area contributed by atoms with E-state index in [-0.39, 0.29) is 12.3 Å². The number of carbonyl (C=O) groups is 1. The van der Waals surface area contributed by atoms with Crippen LogP contribution in [0, 0.1) is 0 Å². The summed E-state index contributed by atoms with van der Waals surface area (Å²) in [4.78, 5) is 19.5. The van der Waals surface area contributed by atoms with Crippen molar-refractivity contribution in [3.05, 3.63) is 87.9 Å². The molecule has 4 rings (SSSR count). The Bertz CT molecular complexity index is 1070. The molecule has 6 heteroatoms. The van der Waals surface area contributed by atoms with Gasteiger partial charge in [-0.1, -0.05) is 35.9 Å². The second-order valence-electron chi connectivity index (χ2n) is 6.53. The Morgan fingerprint density at radius 2 is 1.93 bits per heavy atom. The summed E-state index contributed by atoms with van der Waals surface area (Å²) < 4.78 is 5.16. The van der Waals surface area contributed by atoms with Gasteiger partial charge < -0.3 is 9.64 Å². The van der Waals surface area contributed by atoms with Gasteiger partial charge in [0, 0.05) is 27.7 Å². The maximum absolute atomic E-state index is 12.8. The molecule has 0 saturated heterocycles. The molecule has 2 aromatic carbocycles. The van der Waals surface area contributed by atoms with Gasteiger partial charge in [-0.15, -0.1) is 11.3 Å². The standard InChI is InChI=1S/C23H19ClN2O2S/c1-28-19-11-7-17(8-12-19)22(27)14-26-13-3-2-4-21(26)23-25-20(15-29-23)16-5-9-18(24)10-6-16/h3-13,15H,2,14H2,1H3. The van der Waals surface area contributed by atoms with Gasteiger partial charge in [0.25, 0.3) is 0 Å². The number of hydrogen-bond donors (Lipinski definition) is 0. The van der Waals surface area contributed by atoms with E-state index in [0.717, 1.165) is 34.1 Å². The van der Waals surface area contributed by atoms with E-state index < -0.39 is 0 Å². The fourth-order valence-electron chi connectivity index (χ4n) is 3.08. The molecule has 0 aliphatic carbocycles. The Morgan fingerprint density at radius 1 is 1.17 bits per heavy atom. The molecule has 0 atom stereocenters. The highest BCUT2D eigenvalue weighted by atomic mass is 35.5. The highest BCUT2D eigenvalue weighted by molar-refractivity contribution is 7.11. The van der Waals surface area contributed by atoms with Gasteiger partial charge in [0.1, 0.15) is 10.8 Å². The smallest absolute Gasteiger partial charge is 0.182 e.